The number of para-hydroxylation sites is 1. The zero-order chi connectivity index (χ0) is 19.3. The number of carbonyl (C=O) groups is 2. The Kier molecular flexibility index (Phi) is 7.36. The molecule has 0 bridgehead atoms. The minimum Gasteiger partial charge on any atom is -0.506 e. The lowest BCUT2D eigenvalue weighted by Crippen LogP contribution is -2.34. The number of aromatic hydroxyl groups is 1. The molecule has 3 N–H and O–H groups in total. The first-order valence-electron chi connectivity index (χ1n) is 7.36. The number of benzene rings is 2. The average Bonchev–Trinajstić information content (AvgIpc) is 2.60. The van der Waals surface area contributed by atoms with E-state index in [1.807, 2.05) is 6.07 Å². The van der Waals surface area contributed by atoms with Crippen molar-refractivity contribution in [2.75, 3.05) is 5.32 Å². The maximum atomic E-state index is 12.2. The summed E-state index contributed by atoms with van der Waals surface area (Å²) in [6.07, 6.45) is 1.41. The normalized spacial score (nSPS) is 12.0. The third-order valence-electron chi connectivity index (χ3n) is 3.35. The maximum Gasteiger partial charge on any atom is 0.252 e. The lowest BCUT2D eigenvalue weighted by Gasteiger charge is -2.11. The number of hydrazone groups is 1. The summed E-state index contributed by atoms with van der Waals surface area (Å²) in [4.78, 5) is 24.3. The number of hydrogen-bond donors (Lipinski definition) is 3. The SMILES string of the molecule is CC(C(=O)NN=Cc1cc(Br)c(O)c(Br)c1)C(=O)Nc1ccccc1Br. The largest absolute Gasteiger partial charge is 0.506 e. The number of carbonyl (C=O) groups excluding carboxylic acids is 2. The molecule has 0 aliphatic heterocycles. The lowest BCUT2D eigenvalue weighted by molar-refractivity contribution is -0.131. The minimum atomic E-state index is -0.933. The van der Waals surface area contributed by atoms with Crippen molar-refractivity contribution < 1.29 is 14.7 Å². The van der Waals surface area contributed by atoms with Crippen molar-refractivity contribution in [2.45, 2.75) is 6.92 Å². The third kappa shape index (κ3) is 5.39. The highest BCUT2D eigenvalue weighted by molar-refractivity contribution is 9.11. The van der Waals surface area contributed by atoms with Gasteiger partial charge < -0.3 is 10.4 Å². The van der Waals surface area contributed by atoms with Crippen molar-refractivity contribution in [1.29, 1.82) is 0 Å². The van der Waals surface area contributed by atoms with Crippen LogP contribution in [0.3, 0.4) is 0 Å². The highest BCUT2D eigenvalue weighted by Crippen LogP contribution is 2.32. The van der Waals surface area contributed by atoms with Gasteiger partial charge in [-0.05, 0) is 84.5 Å². The molecule has 6 nitrogen and oxygen atoms in total. The van der Waals surface area contributed by atoms with Gasteiger partial charge in [-0.25, -0.2) is 5.43 Å². The fourth-order valence-corrected chi connectivity index (χ4v) is 3.46. The minimum absolute atomic E-state index is 0.0727. The van der Waals surface area contributed by atoms with Crippen molar-refractivity contribution in [1.82, 2.24) is 5.43 Å². The molecular formula is C17H14Br3N3O3. The lowest BCUT2D eigenvalue weighted by atomic mass is 10.1. The van der Waals surface area contributed by atoms with Gasteiger partial charge in [-0.2, -0.15) is 5.10 Å². The van der Waals surface area contributed by atoms with Crippen LogP contribution in [0.1, 0.15) is 12.5 Å². The molecule has 0 radical (unpaired) electrons. The van der Waals surface area contributed by atoms with Crippen molar-refractivity contribution in [3.05, 3.63) is 55.4 Å². The van der Waals surface area contributed by atoms with Gasteiger partial charge in [-0.3, -0.25) is 9.59 Å². The van der Waals surface area contributed by atoms with Crippen molar-refractivity contribution in [3.63, 3.8) is 0 Å². The van der Waals surface area contributed by atoms with Crippen LogP contribution in [-0.4, -0.2) is 23.1 Å². The number of halogens is 3. The Labute approximate surface area is 175 Å². The Bertz CT molecular complexity index is 848. The smallest absolute Gasteiger partial charge is 0.252 e. The molecule has 1 unspecified atom stereocenters. The summed E-state index contributed by atoms with van der Waals surface area (Å²) in [6, 6.07) is 10.4. The van der Waals surface area contributed by atoms with Gasteiger partial charge in [0.1, 0.15) is 11.7 Å². The number of nitrogens with one attached hydrogen (secondary N) is 2. The average molecular weight is 548 g/mol. The second-order valence-corrected chi connectivity index (χ2v) is 7.82. The molecule has 2 amide bonds. The summed E-state index contributed by atoms with van der Waals surface area (Å²) in [7, 11) is 0. The first kappa shape index (κ1) is 20.6. The first-order valence-corrected chi connectivity index (χ1v) is 9.74. The molecule has 1 atom stereocenters. The van der Waals surface area contributed by atoms with Crippen molar-refractivity contribution in [3.8, 4) is 5.75 Å². The zero-order valence-corrected chi connectivity index (χ0v) is 18.2. The summed E-state index contributed by atoms with van der Waals surface area (Å²) < 4.78 is 1.70. The second-order valence-electron chi connectivity index (χ2n) is 5.26. The Morgan fingerprint density at radius 1 is 1.08 bits per heavy atom. The highest BCUT2D eigenvalue weighted by atomic mass is 79.9. The predicted octanol–water partition coefficient (Wildman–Crippen LogP) is 4.40. The summed E-state index contributed by atoms with van der Waals surface area (Å²) in [5.74, 6) is -1.84. The molecule has 2 rings (SSSR count). The summed E-state index contributed by atoms with van der Waals surface area (Å²) in [5.41, 5.74) is 3.56. The number of phenolic OH excluding ortho intramolecular Hbond substituents is 1. The standard InChI is InChI=1S/C17H14Br3N3O3/c1-9(16(25)22-14-5-3-2-4-11(14)18)17(26)23-21-8-10-6-12(19)15(24)13(20)7-10/h2-9,24H,1H3,(H,22,25)(H,23,26). The first-order chi connectivity index (χ1) is 12.3. The molecule has 0 spiro atoms. The number of nitrogens with zero attached hydrogens (tertiary/aromatic N) is 1. The summed E-state index contributed by atoms with van der Waals surface area (Å²) >= 11 is 9.75. The van der Waals surface area contributed by atoms with E-state index in [1.54, 1.807) is 30.3 Å². The van der Waals surface area contributed by atoms with E-state index < -0.39 is 17.7 Å². The molecule has 0 heterocycles. The second kappa shape index (κ2) is 9.29. The zero-order valence-electron chi connectivity index (χ0n) is 13.5. The highest BCUT2D eigenvalue weighted by Gasteiger charge is 2.21. The fourth-order valence-electron chi connectivity index (χ4n) is 1.85. The van der Waals surface area contributed by atoms with E-state index in [2.05, 4.69) is 63.6 Å². The van der Waals surface area contributed by atoms with Crippen molar-refractivity contribution in [2.24, 2.45) is 11.0 Å². The van der Waals surface area contributed by atoms with Gasteiger partial charge in [0.05, 0.1) is 20.8 Å². The number of hydrogen-bond acceptors (Lipinski definition) is 4. The molecule has 0 fully saturated rings. The van der Waals surface area contributed by atoms with E-state index in [0.717, 1.165) is 4.47 Å². The van der Waals surface area contributed by atoms with Crippen LogP contribution in [0.25, 0.3) is 0 Å². The van der Waals surface area contributed by atoms with E-state index >= 15 is 0 Å². The number of rotatable bonds is 5. The van der Waals surface area contributed by atoms with E-state index in [1.165, 1.54) is 13.1 Å². The monoisotopic (exact) mass is 545 g/mol. The number of phenols is 1. The molecule has 26 heavy (non-hydrogen) atoms. The van der Waals surface area contributed by atoms with Crippen LogP contribution in [0.15, 0.2) is 54.9 Å². The van der Waals surface area contributed by atoms with Gasteiger partial charge in [0, 0.05) is 4.47 Å². The Morgan fingerprint density at radius 3 is 2.31 bits per heavy atom. The molecule has 0 aliphatic carbocycles. The van der Waals surface area contributed by atoms with Gasteiger partial charge >= 0.3 is 0 Å². The maximum absolute atomic E-state index is 12.2. The topological polar surface area (TPSA) is 90.8 Å². The Hall–Kier alpha value is -1.71. The van der Waals surface area contributed by atoms with Gasteiger partial charge in [0.2, 0.25) is 5.91 Å². The van der Waals surface area contributed by atoms with Crippen molar-refractivity contribution >= 4 is 71.5 Å². The van der Waals surface area contributed by atoms with Crippen LogP contribution in [0.4, 0.5) is 5.69 Å². The Morgan fingerprint density at radius 2 is 1.69 bits per heavy atom. The van der Waals surface area contributed by atoms with Gasteiger partial charge in [0.15, 0.2) is 0 Å². The third-order valence-corrected chi connectivity index (χ3v) is 5.25. The summed E-state index contributed by atoms with van der Waals surface area (Å²) in [6.45, 7) is 1.49. The molecule has 9 heteroatoms. The van der Waals surface area contributed by atoms with E-state index in [-0.39, 0.29) is 5.75 Å². The van der Waals surface area contributed by atoms with Crippen LogP contribution in [0.2, 0.25) is 0 Å². The van der Waals surface area contributed by atoms with E-state index in [4.69, 9.17) is 0 Å². The van der Waals surface area contributed by atoms with Gasteiger partial charge in [-0.15, -0.1) is 0 Å². The molecule has 0 saturated heterocycles. The molecule has 136 valence electrons. The van der Waals surface area contributed by atoms with Crippen LogP contribution >= 0.6 is 47.8 Å². The number of amides is 2. The van der Waals surface area contributed by atoms with E-state index in [9.17, 15) is 14.7 Å². The van der Waals surface area contributed by atoms with E-state index in [0.29, 0.717) is 20.2 Å². The van der Waals surface area contributed by atoms with Crippen LogP contribution in [-0.2, 0) is 9.59 Å². The molecule has 0 aromatic heterocycles. The molecule has 2 aromatic rings. The Balaban J connectivity index is 1.96. The quantitative estimate of drug-likeness (QED) is 0.294. The molecule has 0 saturated carbocycles. The van der Waals surface area contributed by atoms with Crippen LogP contribution in [0, 0.1) is 5.92 Å². The number of anilines is 1. The molecule has 2 aromatic carbocycles. The van der Waals surface area contributed by atoms with Crippen LogP contribution in [0.5, 0.6) is 5.75 Å². The fraction of sp³-hybridized carbons (Fsp3) is 0.118. The molecule has 0 aliphatic rings. The predicted molar refractivity (Wildman–Crippen MR) is 111 cm³/mol. The van der Waals surface area contributed by atoms with Crippen LogP contribution < -0.4 is 10.7 Å². The molecular weight excluding hydrogens is 534 g/mol. The van der Waals surface area contributed by atoms with Gasteiger partial charge in [0.25, 0.3) is 5.91 Å². The summed E-state index contributed by atoms with van der Waals surface area (Å²) in [5, 5.41) is 16.2. The van der Waals surface area contributed by atoms with Gasteiger partial charge in [-0.1, -0.05) is 12.1 Å².